The quantitative estimate of drug-likeness (QED) is 0.725. The standard InChI is InChI=1S/C11H18N2O3S/c1-4-5-11(12)8(16)13-6(7(14)15)10(2,3)17-9(11)13/h6,9H,4-5,12H2,1-3H3,(H,14,15)/t6-,9+,11-/m0/s1. The zero-order chi connectivity index (χ0) is 13.0. The molecule has 0 saturated carbocycles. The SMILES string of the molecule is CCC[C@]1(N)C(=O)N2[C@@H](C(=O)O)C(C)(C)S[C@@H]21. The van der Waals surface area contributed by atoms with Crippen LogP contribution in [0.5, 0.6) is 0 Å². The summed E-state index contributed by atoms with van der Waals surface area (Å²) in [6, 6.07) is -0.765. The highest BCUT2D eigenvalue weighted by Gasteiger charge is 2.69. The van der Waals surface area contributed by atoms with Crippen molar-refractivity contribution in [2.24, 2.45) is 5.73 Å². The molecular formula is C11H18N2O3S. The van der Waals surface area contributed by atoms with Gasteiger partial charge >= 0.3 is 5.97 Å². The number of nitrogens with zero attached hydrogens (tertiary/aromatic N) is 1. The molecule has 1 amide bonds. The minimum atomic E-state index is -0.947. The van der Waals surface area contributed by atoms with Crippen LogP contribution in [0.2, 0.25) is 0 Å². The topological polar surface area (TPSA) is 83.6 Å². The highest BCUT2D eigenvalue weighted by atomic mass is 32.2. The molecule has 6 heteroatoms. The number of β-lactam (4-membered cyclic amide) rings is 1. The summed E-state index contributed by atoms with van der Waals surface area (Å²) in [5.41, 5.74) is 5.26. The van der Waals surface area contributed by atoms with Gasteiger partial charge in [-0.2, -0.15) is 0 Å². The molecule has 0 unspecified atom stereocenters. The van der Waals surface area contributed by atoms with Crippen LogP contribution in [0.15, 0.2) is 0 Å². The number of amides is 1. The average Bonchev–Trinajstić information content (AvgIpc) is 2.48. The second-order valence-corrected chi connectivity index (χ2v) is 7.05. The Bertz CT molecular complexity index is 385. The van der Waals surface area contributed by atoms with Crippen LogP contribution in [0.4, 0.5) is 0 Å². The summed E-state index contributed by atoms with van der Waals surface area (Å²) in [6.07, 6.45) is 1.44. The summed E-state index contributed by atoms with van der Waals surface area (Å²) in [6.45, 7) is 5.69. The van der Waals surface area contributed by atoms with E-state index in [9.17, 15) is 14.7 Å². The van der Waals surface area contributed by atoms with Crippen LogP contribution >= 0.6 is 11.8 Å². The van der Waals surface area contributed by atoms with Crippen LogP contribution in [0, 0.1) is 0 Å². The van der Waals surface area contributed by atoms with E-state index in [4.69, 9.17) is 5.73 Å². The first-order valence-corrected chi connectivity index (χ1v) is 6.66. The van der Waals surface area contributed by atoms with Crippen molar-refractivity contribution in [3.63, 3.8) is 0 Å². The van der Waals surface area contributed by atoms with Crippen LogP contribution in [0.1, 0.15) is 33.6 Å². The number of hydrogen-bond acceptors (Lipinski definition) is 4. The summed E-state index contributed by atoms with van der Waals surface area (Å²) in [5.74, 6) is -1.16. The summed E-state index contributed by atoms with van der Waals surface area (Å²) in [4.78, 5) is 24.8. The van der Waals surface area contributed by atoms with Crippen molar-refractivity contribution in [2.75, 3.05) is 0 Å². The molecule has 0 aromatic heterocycles. The lowest BCUT2D eigenvalue weighted by atomic mass is 9.82. The third kappa shape index (κ3) is 1.50. The zero-order valence-electron chi connectivity index (χ0n) is 10.3. The van der Waals surface area contributed by atoms with Gasteiger partial charge in [0.15, 0.2) is 0 Å². The van der Waals surface area contributed by atoms with Gasteiger partial charge in [-0.15, -0.1) is 11.8 Å². The molecule has 3 N–H and O–H groups in total. The number of fused-ring (bicyclic) bond motifs is 1. The lowest BCUT2D eigenvalue weighted by Gasteiger charge is -2.51. The molecule has 0 spiro atoms. The minimum Gasteiger partial charge on any atom is -0.480 e. The van der Waals surface area contributed by atoms with Crippen molar-refractivity contribution in [3.8, 4) is 0 Å². The van der Waals surface area contributed by atoms with E-state index in [0.29, 0.717) is 6.42 Å². The van der Waals surface area contributed by atoms with E-state index in [2.05, 4.69) is 0 Å². The fourth-order valence-electron chi connectivity index (χ4n) is 2.80. The van der Waals surface area contributed by atoms with Crippen molar-refractivity contribution in [1.82, 2.24) is 4.90 Å². The minimum absolute atomic E-state index is 0.189. The van der Waals surface area contributed by atoms with Crippen LogP contribution in [0.3, 0.4) is 0 Å². The fraction of sp³-hybridized carbons (Fsp3) is 0.818. The summed E-state index contributed by atoms with van der Waals surface area (Å²) < 4.78 is -0.485. The van der Waals surface area contributed by atoms with Gasteiger partial charge in [0, 0.05) is 4.75 Å². The van der Waals surface area contributed by atoms with Crippen molar-refractivity contribution in [2.45, 2.75) is 55.3 Å². The first-order chi connectivity index (χ1) is 7.75. The number of carboxylic acids is 1. The average molecular weight is 258 g/mol. The van der Waals surface area contributed by atoms with Crippen molar-refractivity contribution < 1.29 is 14.7 Å². The molecule has 0 aliphatic carbocycles. The number of nitrogens with two attached hydrogens (primary N) is 1. The first kappa shape index (κ1) is 12.7. The molecule has 2 saturated heterocycles. The molecule has 0 radical (unpaired) electrons. The highest BCUT2D eigenvalue weighted by molar-refractivity contribution is 8.01. The van der Waals surface area contributed by atoms with Crippen LogP contribution in [0.25, 0.3) is 0 Å². The second-order valence-electron chi connectivity index (χ2n) is 5.32. The third-order valence-electron chi connectivity index (χ3n) is 3.58. The summed E-state index contributed by atoms with van der Waals surface area (Å²) >= 11 is 1.50. The molecule has 2 aliphatic heterocycles. The number of hydrogen-bond donors (Lipinski definition) is 2. The maximum absolute atomic E-state index is 12.1. The molecule has 2 rings (SSSR count). The Hall–Kier alpha value is -0.750. The van der Waals surface area contributed by atoms with E-state index >= 15 is 0 Å². The lowest BCUT2D eigenvalue weighted by molar-refractivity contribution is -0.165. The second kappa shape index (κ2) is 3.62. The highest BCUT2D eigenvalue weighted by Crippen LogP contribution is 2.55. The Morgan fingerprint density at radius 1 is 1.59 bits per heavy atom. The number of carboxylic acid groups (broad SMARTS) is 1. The van der Waals surface area contributed by atoms with Gasteiger partial charge in [-0.3, -0.25) is 4.79 Å². The Kier molecular flexibility index (Phi) is 2.70. The van der Waals surface area contributed by atoms with Gasteiger partial charge in [-0.05, 0) is 20.3 Å². The number of carbonyl (C=O) groups is 2. The predicted molar refractivity (Wildman–Crippen MR) is 65.6 cm³/mol. The molecule has 17 heavy (non-hydrogen) atoms. The molecule has 0 aromatic carbocycles. The number of carbonyl (C=O) groups excluding carboxylic acids is 1. The molecule has 3 atom stereocenters. The van der Waals surface area contributed by atoms with Crippen molar-refractivity contribution in [1.29, 1.82) is 0 Å². The Morgan fingerprint density at radius 2 is 2.18 bits per heavy atom. The molecular weight excluding hydrogens is 240 g/mol. The lowest BCUT2D eigenvalue weighted by Crippen LogP contribution is -2.77. The number of rotatable bonds is 3. The van der Waals surface area contributed by atoms with Crippen molar-refractivity contribution in [3.05, 3.63) is 0 Å². The predicted octanol–water partition coefficient (Wildman–Crippen LogP) is 0.631. The van der Waals surface area contributed by atoms with E-state index in [1.54, 1.807) is 0 Å². The normalized spacial score (nSPS) is 38.8. The van der Waals surface area contributed by atoms with Gasteiger partial charge in [0.05, 0.1) is 0 Å². The smallest absolute Gasteiger partial charge is 0.327 e. The number of aliphatic carboxylic acids is 1. The maximum Gasteiger partial charge on any atom is 0.327 e. The number of thioether (sulfide) groups is 1. The molecule has 2 aliphatic rings. The van der Waals surface area contributed by atoms with Crippen molar-refractivity contribution >= 4 is 23.6 Å². The van der Waals surface area contributed by atoms with E-state index in [1.165, 1.54) is 16.7 Å². The van der Waals surface area contributed by atoms with E-state index < -0.39 is 22.3 Å². The van der Waals surface area contributed by atoms with E-state index in [-0.39, 0.29) is 11.3 Å². The van der Waals surface area contributed by atoms with Crippen LogP contribution in [-0.2, 0) is 9.59 Å². The van der Waals surface area contributed by atoms with Crippen LogP contribution < -0.4 is 5.73 Å². The Balaban J connectivity index is 2.31. The summed E-state index contributed by atoms with van der Waals surface area (Å²) in [7, 11) is 0. The molecule has 96 valence electrons. The molecule has 0 bridgehead atoms. The largest absolute Gasteiger partial charge is 0.480 e. The van der Waals surface area contributed by atoms with Gasteiger partial charge in [-0.1, -0.05) is 13.3 Å². The molecule has 2 fully saturated rings. The Morgan fingerprint density at radius 3 is 2.65 bits per heavy atom. The summed E-state index contributed by atoms with van der Waals surface area (Å²) in [5, 5.41) is 9.05. The monoisotopic (exact) mass is 258 g/mol. The van der Waals surface area contributed by atoms with Gasteiger partial charge in [0.2, 0.25) is 5.91 Å². The van der Waals surface area contributed by atoms with E-state index in [1.807, 2.05) is 20.8 Å². The van der Waals surface area contributed by atoms with Gasteiger partial charge in [-0.25, -0.2) is 4.79 Å². The first-order valence-electron chi connectivity index (χ1n) is 5.78. The van der Waals surface area contributed by atoms with Crippen LogP contribution in [-0.4, -0.2) is 43.6 Å². The van der Waals surface area contributed by atoms with Gasteiger partial charge in [0.1, 0.15) is 17.0 Å². The maximum atomic E-state index is 12.1. The molecule has 0 aromatic rings. The Labute approximate surface area is 105 Å². The third-order valence-corrected chi connectivity index (χ3v) is 5.28. The zero-order valence-corrected chi connectivity index (χ0v) is 11.1. The molecule has 2 heterocycles. The van der Waals surface area contributed by atoms with Gasteiger partial charge in [0.25, 0.3) is 0 Å². The fourth-order valence-corrected chi connectivity index (χ4v) is 4.48. The van der Waals surface area contributed by atoms with Gasteiger partial charge < -0.3 is 15.7 Å². The molecule has 5 nitrogen and oxygen atoms in total. The van der Waals surface area contributed by atoms with E-state index in [0.717, 1.165) is 6.42 Å².